The van der Waals surface area contributed by atoms with Crippen LogP contribution in [0.4, 0.5) is 11.5 Å². The van der Waals surface area contributed by atoms with Gasteiger partial charge in [-0.25, -0.2) is 4.98 Å². The molecule has 0 unspecified atom stereocenters. The van der Waals surface area contributed by atoms with Gasteiger partial charge in [0.05, 0.1) is 24.6 Å². The molecule has 4 N–H and O–H groups in total. The van der Waals surface area contributed by atoms with Crippen LogP contribution in [0.2, 0.25) is 0 Å². The van der Waals surface area contributed by atoms with E-state index in [1.807, 2.05) is 0 Å². The Morgan fingerprint density at radius 2 is 2.18 bits per heavy atom. The first kappa shape index (κ1) is 14.4. The van der Waals surface area contributed by atoms with Gasteiger partial charge in [-0.1, -0.05) is 12.8 Å². The van der Waals surface area contributed by atoms with Crippen LogP contribution in [0.1, 0.15) is 36.0 Å². The number of nitrogens with two attached hydrogens (primary N) is 2. The van der Waals surface area contributed by atoms with Crippen LogP contribution in [0, 0.1) is 5.92 Å². The molecule has 0 bridgehead atoms. The van der Waals surface area contributed by atoms with Gasteiger partial charge in [0, 0.05) is 12.1 Å². The minimum absolute atomic E-state index is 0.0605. The van der Waals surface area contributed by atoms with Crippen molar-refractivity contribution in [2.45, 2.75) is 25.7 Å². The SMILES string of the molecule is COc1c(N)cc(-n2cnc(N)c2)cc1C(=O)CCC1CC1. The molecule has 0 aliphatic heterocycles. The summed E-state index contributed by atoms with van der Waals surface area (Å²) >= 11 is 0. The Hall–Kier alpha value is -2.50. The number of Topliss-reactive ketones (excluding diaryl/α,β-unsaturated/α-hetero) is 1. The fourth-order valence-electron chi connectivity index (χ4n) is 2.58. The van der Waals surface area contributed by atoms with E-state index in [4.69, 9.17) is 16.2 Å². The molecule has 0 amide bonds. The summed E-state index contributed by atoms with van der Waals surface area (Å²) in [5.41, 5.74) is 13.4. The van der Waals surface area contributed by atoms with Crippen molar-refractivity contribution in [3.63, 3.8) is 0 Å². The van der Waals surface area contributed by atoms with Gasteiger partial charge in [0.2, 0.25) is 0 Å². The summed E-state index contributed by atoms with van der Waals surface area (Å²) < 4.78 is 7.06. The van der Waals surface area contributed by atoms with E-state index in [9.17, 15) is 4.79 Å². The van der Waals surface area contributed by atoms with E-state index in [2.05, 4.69) is 4.98 Å². The molecular formula is C16H20N4O2. The smallest absolute Gasteiger partial charge is 0.166 e. The Morgan fingerprint density at radius 1 is 1.41 bits per heavy atom. The second kappa shape index (κ2) is 5.71. The number of nitrogen functional groups attached to an aromatic ring is 2. The number of rotatable bonds is 6. The maximum absolute atomic E-state index is 12.5. The summed E-state index contributed by atoms with van der Waals surface area (Å²) in [5, 5.41) is 0. The molecule has 116 valence electrons. The van der Waals surface area contributed by atoms with E-state index in [-0.39, 0.29) is 5.78 Å². The summed E-state index contributed by atoms with van der Waals surface area (Å²) in [7, 11) is 1.53. The summed E-state index contributed by atoms with van der Waals surface area (Å²) in [6.07, 6.45) is 7.21. The van der Waals surface area contributed by atoms with Crippen molar-refractivity contribution in [2.75, 3.05) is 18.6 Å². The summed E-state index contributed by atoms with van der Waals surface area (Å²) in [6, 6.07) is 3.53. The Bertz CT molecular complexity index is 704. The minimum Gasteiger partial charge on any atom is -0.494 e. The van der Waals surface area contributed by atoms with Crippen LogP contribution < -0.4 is 16.2 Å². The van der Waals surface area contributed by atoms with Gasteiger partial charge in [-0.15, -0.1) is 0 Å². The standard InChI is InChI=1S/C16H20N4O2/c1-22-16-12(14(21)5-4-10-2-3-10)6-11(7-13(16)17)20-8-15(18)19-9-20/h6-10H,2-5,17-18H2,1H3. The predicted octanol–water partition coefficient (Wildman–Crippen LogP) is 2.42. The van der Waals surface area contributed by atoms with Gasteiger partial charge in [-0.3, -0.25) is 4.79 Å². The lowest BCUT2D eigenvalue weighted by Gasteiger charge is -2.13. The van der Waals surface area contributed by atoms with Crippen molar-refractivity contribution in [1.29, 1.82) is 0 Å². The highest BCUT2D eigenvalue weighted by Gasteiger charge is 2.24. The molecule has 1 aliphatic carbocycles. The van der Waals surface area contributed by atoms with Crippen molar-refractivity contribution >= 4 is 17.3 Å². The van der Waals surface area contributed by atoms with Gasteiger partial charge in [-0.05, 0) is 24.5 Å². The molecule has 6 heteroatoms. The van der Waals surface area contributed by atoms with Crippen LogP contribution in [-0.2, 0) is 0 Å². The maximum atomic E-state index is 12.5. The first-order valence-electron chi connectivity index (χ1n) is 7.39. The van der Waals surface area contributed by atoms with E-state index in [1.165, 1.54) is 20.0 Å². The third-order valence-corrected chi connectivity index (χ3v) is 3.98. The topological polar surface area (TPSA) is 96.2 Å². The van der Waals surface area contributed by atoms with Crippen molar-refractivity contribution in [2.24, 2.45) is 5.92 Å². The number of ketones is 1. The van der Waals surface area contributed by atoms with Crippen molar-refractivity contribution < 1.29 is 9.53 Å². The lowest BCUT2D eigenvalue weighted by molar-refractivity contribution is 0.0975. The number of aromatic nitrogens is 2. The van der Waals surface area contributed by atoms with Gasteiger partial charge >= 0.3 is 0 Å². The van der Waals surface area contributed by atoms with E-state index < -0.39 is 0 Å². The quantitative estimate of drug-likeness (QED) is 0.631. The predicted molar refractivity (Wildman–Crippen MR) is 85.2 cm³/mol. The van der Waals surface area contributed by atoms with Crippen LogP contribution in [0.5, 0.6) is 5.75 Å². The average Bonchev–Trinajstić information content (AvgIpc) is 3.23. The Balaban J connectivity index is 1.94. The molecule has 3 rings (SSSR count). The van der Waals surface area contributed by atoms with Gasteiger partial charge < -0.3 is 20.8 Å². The van der Waals surface area contributed by atoms with Gasteiger partial charge in [0.15, 0.2) is 11.5 Å². The molecule has 0 atom stereocenters. The molecule has 1 fully saturated rings. The lowest BCUT2D eigenvalue weighted by Crippen LogP contribution is -2.07. The highest BCUT2D eigenvalue weighted by atomic mass is 16.5. The van der Waals surface area contributed by atoms with Gasteiger partial charge in [-0.2, -0.15) is 0 Å². The molecule has 1 aromatic carbocycles. The van der Waals surface area contributed by atoms with Crippen molar-refractivity contribution in [3.8, 4) is 11.4 Å². The number of carbonyl (C=O) groups excluding carboxylic acids is 1. The number of carbonyl (C=O) groups is 1. The molecule has 1 aromatic heterocycles. The number of anilines is 2. The fraction of sp³-hybridized carbons (Fsp3) is 0.375. The highest BCUT2D eigenvalue weighted by Crippen LogP contribution is 2.36. The molecular weight excluding hydrogens is 280 g/mol. The second-order valence-corrected chi connectivity index (χ2v) is 5.73. The Labute approximate surface area is 129 Å². The molecule has 1 aliphatic rings. The summed E-state index contributed by atoms with van der Waals surface area (Å²) in [4.78, 5) is 16.5. The zero-order valence-corrected chi connectivity index (χ0v) is 12.6. The number of methoxy groups -OCH3 is 1. The number of benzene rings is 1. The molecule has 1 saturated carbocycles. The van der Waals surface area contributed by atoms with Gasteiger partial charge in [0.1, 0.15) is 12.1 Å². The molecule has 6 nitrogen and oxygen atoms in total. The van der Waals surface area contributed by atoms with Crippen molar-refractivity contribution in [3.05, 3.63) is 30.2 Å². The van der Waals surface area contributed by atoms with Crippen LogP contribution in [0.3, 0.4) is 0 Å². The van der Waals surface area contributed by atoms with E-state index in [0.717, 1.165) is 12.1 Å². The van der Waals surface area contributed by atoms with E-state index >= 15 is 0 Å². The Morgan fingerprint density at radius 3 is 2.77 bits per heavy atom. The number of hydrogen-bond acceptors (Lipinski definition) is 5. The molecule has 22 heavy (non-hydrogen) atoms. The number of ether oxygens (including phenoxy) is 1. The third kappa shape index (κ3) is 2.90. The van der Waals surface area contributed by atoms with Crippen LogP contribution in [0.25, 0.3) is 5.69 Å². The number of hydrogen-bond donors (Lipinski definition) is 2. The summed E-state index contributed by atoms with van der Waals surface area (Å²) in [6.45, 7) is 0. The number of nitrogens with zero attached hydrogens (tertiary/aromatic N) is 2. The zero-order valence-electron chi connectivity index (χ0n) is 12.6. The second-order valence-electron chi connectivity index (χ2n) is 5.73. The maximum Gasteiger partial charge on any atom is 0.166 e. The molecule has 0 spiro atoms. The molecule has 0 radical (unpaired) electrons. The van der Waals surface area contributed by atoms with E-state index in [1.54, 1.807) is 29.2 Å². The summed E-state index contributed by atoms with van der Waals surface area (Å²) in [5.74, 6) is 1.63. The highest BCUT2D eigenvalue weighted by molar-refractivity contribution is 6.01. The lowest BCUT2D eigenvalue weighted by atomic mass is 10.0. The average molecular weight is 300 g/mol. The molecule has 1 heterocycles. The Kier molecular flexibility index (Phi) is 3.75. The van der Waals surface area contributed by atoms with Crippen LogP contribution in [0.15, 0.2) is 24.7 Å². The first-order valence-corrected chi connectivity index (χ1v) is 7.39. The normalized spacial score (nSPS) is 14.0. The molecule has 2 aromatic rings. The van der Waals surface area contributed by atoms with Crippen LogP contribution >= 0.6 is 0 Å². The number of imidazole rings is 1. The largest absolute Gasteiger partial charge is 0.494 e. The first-order chi connectivity index (χ1) is 10.6. The van der Waals surface area contributed by atoms with E-state index in [0.29, 0.717) is 35.2 Å². The van der Waals surface area contributed by atoms with Crippen LogP contribution in [-0.4, -0.2) is 22.4 Å². The fourth-order valence-corrected chi connectivity index (χ4v) is 2.58. The van der Waals surface area contributed by atoms with Crippen molar-refractivity contribution in [1.82, 2.24) is 9.55 Å². The third-order valence-electron chi connectivity index (χ3n) is 3.98. The minimum atomic E-state index is 0.0605. The van der Waals surface area contributed by atoms with Gasteiger partial charge in [0.25, 0.3) is 0 Å². The zero-order chi connectivity index (χ0) is 15.7. The monoisotopic (exact) mass is 300 g/mol. The molecule has 0 saturated heterocycles.